The van der Waals surface area contributed by atoms with Crippen molar-refractivity contribution in [2.45, 2.75) is 19.3 Å². The highest BCUT2D eigenvalue weighted by atomic mass is 15.0. The van der Waals surface area contributed by atoms with E-state index in [9.17, 15) is 0 Å². The zero-order chi connectivity index (χ0) is 26.8. The summed E-state index contributed by atoms with van der Waals surface area (Å²) in [5.41, 5.74) is 9.50. The van der Waals surface area contributed by atoms with Gasteiger partial charge in [0.1, 0.15) is 5.65 Å². The molecule has 0 bridgehead atoms. The Balaban J connectivity index is 1.34. The maximum absolute atomic E-state index is 4.99. The van der Waals surface area contributed by atoms with Gasteiger partial charge in [-0.15, -0.1) is 0 Å². The number of hydrogen-bond acceptors (Lipinski definition) is 3. The molecule has 0 aliphatic carbocycles. The molecule has 0 aliphatic rings. The molecule has 0 spiro atoms. The number of benzene rings is 4. The fourth-order valence-electron chi connectivity index (χ4n) is 6.13. The lowest BCUT2D eigenvalue weighted by molar-refractivity contribution is 0.642. The quantitative estimate of drug-likeness (QED) is 0.221. The molecule has 0 saturated heterocycles. The lowest BCUT2D eigenvalue weighted by Gasteiger charge is -2.27. The summed E-state index contributed by atoms with van der Waals surface area (Å²) in [7, 11) is 0. The topological polar surface area (TPSA) is 43.1 Å². The third-order valence-electron chi connectivity index (χ3n) is 8.36. The lowest BCUT2D eigenvalue weighted by atomic mass is 9.77. The van der Waals surface area contributed by atoms with Crippen LogP contribution in [0.15, 0.2) is 122 Å². The van der Waals surface area contributed by atoms with Crippen molar-refractivity contribution in [1.82, 2.24) is 19.4 Å². The van der Waals surface area contributed by atoms with E-state index in [1.165, 1.54) is 21.9 Å². The summed E-state index contributed by atoms with van der Waals surface area (Å²) in [5, 5.41) is 4.55. The Morgan fingerprint density at radius 3 is 2.38 bits per heavy atom. The minimum absolute atomic E-state index is 0.248. The first-order valence-corrected chi connectivity index (χ1v) is 13.6. The fraction of sp³-hybridized carbons (Fsp3) is 0.0833. The van der Waals surface area contributed by atoms with Crippen molar-refractivity contribution >= 4 is 49.3 Å². The second-order valence-corrected chi connectivity index (χ2v) is 11.0. The number of pyridine rings is 3. The van der Waals surface area contributed by atoms with Crippen molar-refractivity contribution in [3.05, 3.63) is 133 Å². The summed E-state index contributed by atoms with van der Waals surface area (Å²) >= 11 is 0. The van der Waals surface area contributed by atoms with Gasteiger partial charge in [-0.1, -0.05) is 74.5 Å². The molecule has 0 radical (unpaired) electrons. The van der Waals surface area contributed by atoms with Crippen LogP contribution in [0, 0.1) is 0 Å². The largest absolute Gasteiger partial charge is 0.292 e. The molecule has 0 fully saturated rings. The maximum Gasteiger partial charge on any atom is 0.147 e. The first-order valence-electron chi connectivity index (χ1n) is 13.6. The molecule has 8 rings (SSSR count). The normalized spacial score (nSPS) is 12.2. The second kappa shape index (κ2) is 8.45. The van der Waals surface area contributed by atoms with Gasteiger partial charge in [0, 0.05) is 39.5 Å². The number of para-hydroxylation sites is 2. The van der Waals surface area contributed by atoms with E-state index in [4.69, 9.17) is 15.0 Å². The number of rotatable bonds is 3. The summed E-state index contributed by atoms with van der Waals surface area (Å²) in [5.74, 6) is 0. The molecule has 0 saturated carbocycles. The van der Waals surface area contributed by atoms with Crippen molar-refractivity contribution in [3.8, 4) is 11.3 Å². The predicted octanol–water partition coefficient (Wildman–Crippen LogP) is 8.73. The van der Waals surface area contributed by atoms with E-state index >= 15 is 0 Å². The van der Waals surface area contributed by atoms with Crippen LogP contribution in [0.2, 0.25) is 0 Å². The lowest BCUT2D eigenvalue weighted by Crippen LogP contribution is -2.19. The van der Waals surface area contributed by atoms with Gasteiger partial charge in [-0.25, -0.2) is 4.98 Å². The van der Waals surface area contributed by atoms with Crippen LogP contribution in [0.3, 0.4) is 0 Å². The minimum Gasteiger partial charge on any atom is -0.292 e. The molecule has 8 aromatic rings. The molecule has 0 N–H and O–H groups in total. The molecular formula is C36H26N4. The molecular weight excluding hydrogens is 488 g/mol. The zero-order valence-electron chi connectivity index (χ0n) is 22.3. The smallest absolute Gasteiger partial charge is 0.147 e. The van der Waals surface area contributed by atoms with Crippen LogP contribution >= 0.6 is 0 Å². The maximum atomic E-state index is 4.99. The first kappa shape index (κ1) is 22.9. The summed E-state index contributed by atoms with van der Waals surface area (Å²) in [6.07, 6.45) is 3.77. The molecule has 4 aromatic carbocycles. The van der Waals surface area contributed by atoms with E-state index in [0.29, 0.717) is 0 Å². The average Bonchev–Trinajstić information content (AvgIpc) is 3.41. The highest BCUT2D eigenvalue weighted by Crippen LogP contribution is 2.38. The van der Waals surface area contributed by atoms with E-state index in [2.05, 4.69) is 115 Å². The van der Waals surface area contributed by atoms with E-state index < -0.39 is 0 Å². The van der Waals surface area contributed by atoms with Gasteiger partial charge in [-0.3, -0.25) is 14.4 Å². The van der Waals surface area contributed by atoms with Crippen LogP contribution in [-0.4, -0.2) is 19.4 Å². The molecule has 0 atom stereocenters. The molecule has 0 amide bonds. The predicted molar refractivity (Wildman–Crippen MR) is 165 cm³/mol. The van der Waals surface area contributed by atoms with Crippen molar-refractivity contribution in [2.75, 3.05) is 0 Å². The Hall–Kier alpha value is -5.09. The molecule has 0 aliphatic heterocycles. The Bertz CT molecular complexity index is 2250. The Morgan fingerprint density at radius 1 is 0.600 bits per heavy atom. The van der Waals surface area contributed by atoms with Crippen molar-refractivity contribution in [3.63, 3.8) is 0 Å². The highest BCUT2D eigenvalue weighted by Gasteiger charge is 2.25. The number of nitrogens with zero attached hydrogens (tertiary/aromatic N) is 4. The van der Waals surface area contributed by atoms with E-state index in [-0.39, 0.29) is 5.41 Å². The standard InChI is InChI=1S/C36H26N4/c1-36(2,25-11-7-10-24(21-25)33-27-12-4-3-9-23(27)18-20-38-33)26-16-17-31-29(22-26)34-28(13-8-19-37-34)35-39-30-14-5-6-15-32(30)40(31)35/h3-22H,1-2H3. The molecule has 190 valence electrons. The molecule has 4 aromatic heterocycles. The monoisotopic (exact) mass is 514 g/mol. The van der Waals surface area contributed by atoms with Crippen molar-refractivity contribution in [1.29, 1.82) is 0 Å². The van der Waals surface area contributed by atoms with Crippen LogP contribution in [0.1, 0.15) is 25.0 Å². The molecule has 4 heterocycles. The second-order valence-electron chi connectivity index (χ2n) is 11.0. The molecule has 40 heavy (non-hydrogen) atoms. The number of hydrogen-bond donors (Lipinski definition) is 0. The Kier molecular flexibility index (Phi) is 4.83. The number of imidazole rings is 1. The van der Waals surface area contributed by atoms with Crippen LogP contribution in [0.25, 0.3) is 60.5 Å². The summed E-state index contributed by atoms with van der Waals surface area (Å²) in [4.78, 5) is 14.6. The van der Waals surface area contributed by atoms with Gasteiger partial charge in [-0.05, 0) is 65.0 Å². The SMILES string of the molecule is CC(C)(c1cccc(-c2nccc3ccccc23)c1)c1ccc2c(c1)c1ncccc1c1nc3ccccc3n21. The van der Waals surface area contributed by atoms with Gasteiger partial charge in [0.05, 0.1) is 27.8 Å². The van der Waals surface area contributed by atoms with E-state index in [1.807, 2.05) is 24.5 Å². The van der Waals surface area contributed by atoms with Crippen LogP contribution in [0.4, 0.5) is 0 Å². The summed E-state index contributed by atoms with van der Waals surface area (Å²) < 4.78 is 2.28. The van der Waals surface area contributed by atoms with Crippen molar-refractivity contribution < 1.29 is 0 Å². The molecule has 4 nitrogen and oxygen atoms in total. The van der Waals surface area contributed by atoms with Gasteiger partial charge in [0.25, 0.3) is 0 Å². The number of aromatic nitrogens is 4. The summed E-state index contributed by atoms with van der Waals surface area (Å²) in [6.45, 7) is 4.59. The minimum atomic E-state index is -0.248. The zero-order valence-corrected chi connectivity index (χ0v) is 22.3. The first-order chi connectivity index (χ1) is 19.6. The van der Waals surface area contributed by atoms with Gasteiger partial charge >= 0.3 is 0 Å². The van der Waals surface area contributed by atoms with Gasteiger partial charge in [0.2, 0.25) is 0 Å². The van der Waals surface area contributed by atoms with Crippen LogP contribution < -0.4 is 0 Å². The van der Waals surface area contributed by atoms with Crippen LogP contribution in [-0.2, 0) is 5.41 Å². The molecule has 0 unspecified atom stereocenters. The van der Waals surface area contributed by atoms with Crippen molar-refractivity contribution in [2.24, 2.45) is 0 Å². The average molecular weight is 515 g/mol. The van der Waals surface area contributed by atoms with Gasteiger partial charge in [0.15, 0.2) is 0 Å². The molecule has 4 heteroatoms. The van der Waals surface area contributed by atoms with Gasteiger partial charge in [-0.2, -0.15) is 0 Å². The Morgan fingerprint density at radius 2 is 1.43 bits per heavy atom. The van der Waals surface area contributed by atoms with E-state index in [1.54, 1.807) is 0 Å². The highest BCUT2D eigenvalue weighted by molar-refractivity contribution is 6.12. The summed E-state index contributed by atoms with van der Waals surface area (Å²) in [6, 6.07) is 38.6. The third-order valence-corrected chi connectivity index (χ3v) is 8.36. The number of fused-ring (bicyclic) bond motifs is 9. The Labute approximate surface area is 231 Å². The van der Waals surface area contributed by atoms with Crippen LogP contribution in [0.5, 0.6) is 0 Å². The van der Waals surface area contributed by atoms with Gasteiger partial charge < -0.3 is 0 Å². The fourth-order valence-corrected chi connectivity index (χ4v) is 6.13. The van der Waals surface area contributed by atoms with E-state index in [0.717, 1.165) is 49.7 Å². The third kappa shape index (κ3) is 3.29.